The summed E-state index contributed by atoms with van der Waals surface area (Å²) in [4.78, 5) is 16.4. The van der Waals surface area contributed by atoms with Crippen LogP contribution >= 0.6 is 0 Å². The summed E-state index contributed by atoms with van der Waals surface area (Å²) in [5.41, 5.74) is 1.73. The summed E-state index contributed by atoms with van der Waals surface area (Å²) in [7, 11) is 0. The van der Waals surface area contributed by atoms with Crippen molar-refractivity contribution in [1.82, 2.24) is 19.8 Å². The van der Waals surface area contributed by atoms with E-state index in [0.29, 0.717) is 22.5 Å². The molecule has 0 atom stereocenters. The van der Waals surface area contributed by atoms with Crippen LogP contribution in [0.1, 0.15) is 0 Å². The summed E-state index contributed by atoms with van der Waals surface area (Å²) in [6.45, 7) is 0. The molecule has 0 aliphatic carbocycles. The van der Waals surface area contributed by atoms with E-state index in [0.717, 1.165) is 5.56 Å². The van der Waals surface area contributed by atoms with Gasteiger partial charge in [0.2, 0.25) is 0 Å². The van der Waals surface area contributed by atoms with Crippen LogP contribution in [0.25, 0.3) is 28.0 Å². The van der Waals surface area contributed by atoms with Crippen LogP contribution in [-0.2, 0) is 0 Å². The molecule has 2 aromatic heterocycles. The second-order valence-electron chi connectivity index (χ2n) is 5.06. The Hall–Kier alpha value is -3.28. The van der Waals surface area contributed by atoms with Gasteiger partial charge in [-0.2, -0.15) is 10.1 Å². The number of hydrogen-bond acceptors (Lipinski definition) is 3. The molecule has 112 valence electrons. The first-order chi connectivity index (χ1) is 11.2. The normalized spacial score (nSPS) is 11.0. The molecule has 0 amide bonds. The third-order valence-corrected chi connectivity index (χ3v) is 3.62. The molecule has 2 aromatic carbocycles. The van der Waals surface area contributed by atoms with Gasteiger partial charge in [-0.05, 0) is 17.7 Å². The molecule has 1 N–H and O–H groups in total. The third kappa shape index (κ3) is 2.20. The topological polar surface area (TPSA) is 63.0 Å². The first-order valence-corrected chi connectivity index (χ1v) is 7.02. The van der Waals surface area contributed by atoms with Crippen LogP contribution < -0.4 is 5.56 Å². The van der Waals surface area contributed by atoms with Crippen molar-refractivity contribution in [2.75, 3.05) is 0 Å². The van der Waals surface area contributed by atoms with Gasteiger partial charge in [0.1, 0.15) is 11.5 Å². The molecular weight excluding hydrogens is 295 g/mol. The number of nitrogens with zero attached hydrogens (tertiary/aromatic N) is 3. The van der Waals surface area contributed by atoms with Gasteiger partial charge in [-0.15, -0.1) is 0 Å². The molecule has 0 unspecified atom stereocenters. The molecule has 0 bridgehead atoms. The fourth-order valence-corrected chi connectivity index (χ4v) is 2.50. The van der Waals surface area contributed by atoms with Crippen molar-refractivity contribution < 1.29 is 4.39 Å². The van der Waals surface area contributed by atoms with Crippen LogP contribution in [0, 0.1) is 5.82 Å². The largest absolute Gasteiger partial charge is 0.281 e. The summed E-state index contributed by atoms with van der Waals surface area (Å²) < 4.78 is 15.5. The molecule has 2 heterocycles. The molecule has 0 spiro atoms. The highest BCUT2D eigenvalue weighted by Gasteiger charge is 2.15. The Morgan fingerprint density at radius 2 is 1.70 bits per heavy atom. The van der Waals surface area contributed by atoms with Crippen molar-refractivity contribution in [3.05, 3.63) is 77.0 Å². The molecule has 0 saturated carbocycles. The smallest absolute Gasteiger partial charge is 0.267 e. The summed E-state index contributed by atoms with van der Waals surface area (Å²) in [5.74, 6) is -0.414. The zero-order chi connectivity index (χ0) is 15.8. The van der Waals surface area contributed by atoms with Gasteiger partial charge in [0, 0.05) is 11.8 Å². The SMILES string of the molecule is O=c1nc2c(-c3ccccc3F)n[nH]n2cc1-c1ccccc1. The van der Waals surface area contributed by atoms with Gasteiger partial charge >= 0.3 is 0 Å². The Balaban J connectivity index is 1.95. The maximum Gasteiger partial charge on any atom is 0.281 e. The van der Waals surface area contributed by atoms with Crippen LogP contribution in [-0.4, -0.2) is 19.8 Å². The van der Waals surface area contributed by atoms with Crippen LogP contribution in [0.15, 0.2) is 65.6 Å². The Kier molecular flexibility index (Phi) is 3.01. The van der Waals surface area contributed by atoms with E-state index in [1.807, 2.05) is 30.3 Å². The Morgan fingerprint density at radius 3 is 2.48 bits per heavy atom. The number of aromatic nitrogens is 4. The van der Waals surface area contributed by atoms with Crippen LogP contribution in [0.5, 0.6) is 0 Å². The number of fused-ring (bicyclic) bond motifs is 1. The van der Waals surface area contributed by atoms with E-state index >= 15 is 0 Å². The average Bonchev–Trinajstić information content (AvgIpc) is 2.98. The molecule has 6 heteroatoms. The van der Waals surface area contributed by atoms with Gasteiger partial charge in [-0.25, -0.2) is 14.1 Å². The zero-order valence-corrected chi connectivity index (χ0v) is 11.9. The monoisotopic (exact) mass is 306 g/mol. The first-order valence-electron chi connectivity index (χ1n) is 7.02. The van der Waals surface area contributed by atoms with E-state index in [1.165, 1.54) is 10.6 Å². The minimum Gasteiger partial charge on any atom is -0.267 e. The summed E-state index contributed by atoms with van der Waals surface area (Å²) >= 11 is 0. The predicted octanol–water partition coefficient (Wildman–Crippen LogP) is 2.89. The van der Waals surface area contributed by atoms with Gasteiger partial charge in [0.15, 0.2) is 5.65 Å². The Labute approximate surface area is 130 Å². The number of halogens is 1. The molecular formula is C17H11FN4O. The highest BCUT2D eigenvalue weighted by molar-refractivity contribution is 5.74. The lowest BCUT2D eigenvalue weighted by molar-refractivity contribution is 0.630. The predicted molar refractivity (Wildman–Crippen MR) is 84.4 cm³/mol. The first kappa shape index (κ1) is 13.4. The lowest BCUT2D eigenvalue weighted by Crippen LogP contribution is -2.11. The highest BCUT2D eigenvalue weighted by atomic mass is 19.1. The summed E-state index contributed by atoms with van der Waals surface area (Å²) in [6.07, 6.45) is 1.62. The third-order valence-electron chi connectivity index (χ3n) is 3.62. The van der Waals surface area contributed by atoms with Gasteiger partial charge in [0.05, 0.1) is 5.56 Å². The summed E-state index contributed by atoms with van der Waals surface area (Å²) in [5, 5.41) is 6.85. The van der Waals surface area contributed by atoms with Crippen molar-refractivity contribution in [3.8, 4) is 22.4 Å². The zero-order valence-electron chi connectivity index (χ0n) is 11.9. The maximum atomic E-state index is 14.0. The van der Waals surface area contributed by atoms with Crippen LogP contribution in [0.3, 0.4) is 0 Å². The van der Waals surface area contributed by atoms with Crippen molar-refractivity contribution >= 4 is 5.65 Å². The fraction of sp³-hybridized carbons (Fsp3) is 0. The quantitative estimate of drug-likeness (QED) is 0.619. The van der Waals surface area contributed by atoms with E-state index in [2.05, 4.69) is 15.3 Å². The van der Waals surface area contributed by atoms with E-state index in [1.54, 1.807) is 24.4 Å². The fourth-order valence-electron chi connectivity index (χ4n) is 2.50. The van der Waals surface area contributed by atoms with E-state index in [-0.39, 0.29) is 5.56 Å². The average molecular weight is 306 g/mol. The van der Waals surface area contributed by atoms with E-state index < -0.39 is 5.82 Å². The molecule has 0 saturated heterocycles. The van der Waals surface area contributed by atoms with Crippen LogP contribution in [0.2, 0.25) is 0 Å². The number of hydrogen-bond donors (Lipinski definition) is 1. The lowest BCUT2D eigenvalue weighted by Gasteiger charge is -2.02. The Morgan fingerprint density at radius 1 is 0.957 bits per heavy atom. The number of benzene rings is 2. The lowest BCUT2D eigenvalue weighted by atomic mass is 10.1. The molecule has 0 aliphatic rings. The van der Waals surface area contributed by atoms with Crippen LogP contribution in [0.4, 0.5) is 4.39 Å². The van der Waals surface area contributed by atoms with Gasteiger partial charge in [-0.3, -0.25) is 4.79 Å². The van der Waals surface area contributed by atoms with Gasteiger partial charge in [-0.1, -0.05) is 42.5 Å². The second-order valence-corrected chi connectivity index (χ2v) is 5.06. The maximum absolute atomic E-state index is 14.0. The van der Waals surface area contributed by atoms with Crippen molar-refractivity contribution in [2.24, 2.45) is 0 Å². The second kappa shape index (κ2) is 5.17. The molecule has 4 rings (SSSR count). The molecule has 23 heavy (non-hydrogen) atoms. The van der Waals surface area contributed by atoms with E-state index in [4.69, 9.17) is 0 Å². The number of aromatic amines is 1. The minimum absolute atomic E-state index is 0.291. The molecule has 0 aliphatic heterocycles. The molecule has 0 radical (unpaired) electrons. The number of H-pyrrole nitrogens is 1. The van der Waals surface area contributed by atoms with E-state index in [9.17, 15) is 9.18 Å². The van der Waals surface area contributed by atoms with Gasteiger partial charge in [0.25, 0.3) is 5.56 Å². The van der Waals surface area contributed by atoms with Crippen molar-refractivity contribution in [1.29, 1.82) is 0 Å². The standard InChI is InChI=1S/C17H11FN4O/c18-14-9-5-4-8-12(14)15-16-19-17(23)13(10-22(16)21-20-15)11-6-2-1-3-7-11/h1-10,21H. The number of rotatable bonds is 2. The van der Waals surface area contributed by atoms with Crippen molar-refractivity contribution in [2.45, 2.75) is 0 Å². The van der Waals surface area contributed by atoms with Gasteiger partial charge < -0.3 is 0 Å². The Bertz CT molecular complexity index is 1050. The minimum atomic E-state index is -0.414. The molecule has 0 fully saturated rings. The van der Waals surface area contributed by atoms with Crippen molar-refractivity contribution in [3.63, 3.8) is 0 Å². The number of nitrogens with one attached hydrogen (secondary N) is 1. The molecule has 4 aromatic rings. The highest BCUT2D eigenvalue weighted by Crippen LogP contribution is 2.24. The molecule has 5 nitrogen and oxygen atoms in total. The summed E-state index contributed by atoms with van der Waals surface area (Å²) in [6, 6.07) is 15.5.